The lowest BCUT2D eigenvalue weighted by atomic mass is 9.79. The lowest BCUT2D eigenvalue weighted by Crippen LogP contribution is -2.41. The second kappa shape index (κ2) is 6.85. The van der Waals surface area contributed by atoms with E-state index < -0.39 is 0 Å². The molecule has 1 fully saturated rings. The number of hydrogen-bond donors (Lipinski definition) is 0. The minimum Gasteiger partial charge on any atom is -0.489 e. The van der Waals surface area contributed by atoms with Gasteiger partial charge in [-0.15, -0.1) is 0 Å². The first kappa shape index (κ1) is 18.0. The molecule has 1 aliphatic heterocycles. The molecule has 2 aromatic carbocycles. The summed E-state index contributed by atoms with van der Waals surface area (Å²) >= 11 is 0. The highest BCUT2D eigenvalue weighted by Gasteiger charge is 2.51. The van der Waals surface area contributed by atoms with Crippen molar-refractivity contribution in [1.82, 2.24) is 0 Å². The molecule has 1 heterocycles. The van der Waals surface area contributed by atoms with Crippen molar-refractivity contribution in [3.05, 3.63) is 59.7 Å². The van der Waals surface area contributed by atoms with E-state index in [1.165, 1.54) is 11.1 Å². The predicted octanol–water partition coefficient (Wildman–Crippen LogP) is 4.13. The van der Waals surface area contributed by atoms with Gasteiger partial charge in [-0.25, -0.2) is 0 Å². The van der Waals surface area contributed by atoms with Crippen LogP contribution in [-0.4, -0.2) is 18.3 Å². The molecule has 0 atom stereocenters. The lowest BCUT2D eigenvalue weighted by Gasteiger charge is -2.32. The first-order chi connectivity index (χ1) is 11.8. The maximum absolute atomic E-state index is 6.08. The van der Waals surface area contributed by atoms with Crippen LogP contribution >= 0.6 is 0 Å². The summed E-state index contributed by atoms with van der Waals surface area (Å²) in [6, 6.07) is 16.5. The molecule has 0 bridgehead atoms. The summed E-state index contributed by atoms with van der Waals surface area (Å²) < 4.78 is 18.1. The van der Waals surface area contributed by atoms with Gasteiger partial charge in [-0.2, -0.15) is 0 Å². The van der Waals surface area contributed by atoms with Crippen molar-refractivity contribution in [3.8, 4) is 5.75 Å². The Labute approximate surface area is 151 Å². The smallest absolute Gasteiger partial charge is 0.489 e. The lowest BCUT2D eigenvalue weighted by molar-refractivity contribution is 0.00578. The highest BCUT2D eigenvalue weighted by Crippen LogP contribution is 2.36. The van der Waals surface area contributed by atoms with Gasteiger partial charge in [0, 0.05) is 0 Å². The van der Waals surface area contributed by atoms with Crippen molar-refractivity contribution >= 4 is 12.6 Å². The second-order valence-corrected chi connectivity index (χ2v) is 7.62. The molecular weight excluding hydrogens is 311 g/mol. The quantitative estimate of drug-likeness (QED) is 0.768. The molecule has 132 valence electrons. The van der Waals surface area contributed by atoms with Crippen molar-refractivity contribution in [3.63, 3.8) is 0 Å². The minimum absolute atomic E-state index is 0.322. The van der Waals surface area contributed by atoms with Gasteiger partial charge in [-0.3, -0.25) is 0 Å². The molecule has 0 saturated carbocycles. The van der Waals surface area contributed by atoms with Gasteiger partial charge in [0.1, 0.15) is 12.4 Å². The molecule has 1 aliphatic rings. The van der Waals surface area contributed by atoms with Gasteiger partial charge in [-0.05, 0) is 62.8 Å². The summed E-state index contributed by atoms with van der Waals surface area (Å²) in [5, 5.41) is 0. The van der Waals surface area contributed by atoms with Gasteiger partial charge in [-0.1, -0.05) is 43.3 Å². The summed E-state index contributed by atoms with van der Waals surface area (Å²) in [7, 11) is -0.333. The van der Waals surface area contributed by atoms with Crippen LogP contribution in [0.3, 0.4) is 0 Å². The number of benzene rings is 2. The predicted molar refractivity (Wildman–Crippen MR) is 102 cm³/mol. The highest BCUT2D eigenvalue weighted by atomic mass is 16.7. The topological polar surface area (TPSA) is 27.7 Å². The third-order valence-corrected chi connectivity index (χ3v) is 5.21. The van der Waals surface area contributed by atoms with Crippen LogP contribution in [0.15, 0.2) is 48.5 Å². The first-order valence-corrected chi connectivity index (χ1v) is 8.97. The Balaban J connectivity index is 1.63. The van der Waals surface area contributed by atoms with E-state index in [0.29, 0.717) is 6.61 Å². The molecule has 0 radical (unpaired) electrons. The van der Waals surface area contributed by atoms with E-state index in [1.54, 1.807) is 0 Å². The fourth-order valence-corrected chi connectivity index (χ4v) is 2.81. The average Bonchev–Trinajstić information content (AvgIpc) is 2.81. The Morgan fingerprint density at radius 2 is 1.48 bits per heavy atom. The molecule has 0 aliphatic carbocycles. The second-order valence-electron chi connectivity index (χ2n) is 7.62. The number of hydrogen-bond acceptors (Lipinski definition) is 3. The van der Waals surface area contributed by atoms with Gasteiger partial charge >= 0.3 is 7.12 Å². The van der Waals surface area contributed by atoms with Crippen molar-refractivity contribution in [2.24, 2.45) is 0 Å². The van der Waals surface area contributed by atoms with Crippen LogP contribution in [0.2, 0.25) is 0 Å². The Kier molecular flexibility index (Phi) is 4.94. The highest BCUT2D eigenvalue weighted by molar-refractivity contribution is 6.62. The van der Waals surface area contributed by atoms with Crippen LogP contribution in [0.4, 0.5) is 0 Å². The molecule has 0 aromatic heterocycles. The third kappa shape index (κ3) is 3.91. The summed E-state index contributed by atoms with van der Waals surface area (Å²) in [4.78, 5) is 0. The number of ether oxygens (including phenoxy) is 1. The van der Waals surface area contributed by atoms with Gasteiger partial charge in [0.15, 0.2) is 0 Å². The average molecular weight is 338 g/mol. The fourth-order valence-electron chi connectivity index (χ4n) is 2.81. The molecular formula is C21H27BO3. The Morgan fingerprint density at radius 3 is 2.08 bits per heavy atom. The minimum atomic E-state index is -0.333. The SMILES string of the molecule is CCc1cccc(COc2ccc(B3OC(C)(C)C(C)(C)O3)cc2)c1. The molecule has 3 nitrogen and oxygen atoms in total. The van der Waals surface area contributed by atoms with Crippen molar-refractivity contribution in [2.45, 2.75) is 58.8 Å². The van der Waals surface area contributed by atoms with E-state index in [4.69, 9.17) is 14.0 Å². The molecule has 0 N–H and O–H groups in total. The van der Waals surface area contributed by atoms with E-state index in [2.05, 4.69) is 58.9 Å². The van der Waals surface area contributed by atoms with Gasteiger partial charge in [0.25, 0.3) is 0 Å². The largest absolute Gasteiger partial charge is 0.494 e. The number of rotatable bonds is 5. The van der Waals surface area contributed by atoms with Crippen molar-refractivity contribution in [1.29, 1.82) is 0 Å². The summed E-state index contributed by atoms with van der Waals surface area (Å²) in [6.07, 6.45) is 1.04. The zero-order valence-electron chi connectivity index (χ0n) is 15.8. The van der Waals surface area contributed by atoms with E-state index >= 15 is 0 Å². The van der Waals surface area contributed by atoms with E-state index in [1.807, 2.05) is 24.3 Å². The Bertz CT molecular complexity index is 706. The van der Waals surface area contributed by atoms with Gasteiger partial charge in [0.05, 0.1) is 11.2 Å². The van der Waals surface area contributed by atoms with Crippen molar-refractivity contribution < 1.29 is 14.0 Å². The van der Waals surface area contributed by atoms with E-state index in [9.17, 15) is 0 Å². The molecule has 4 heteroatoms. The van der Waals surface area contributed by atoms with Crippen LogP contribution in [0.5, 0.6) is 5.75 Å². The molecule has 2 aromatic rings. The van der Waals surface area contributed by atoms with Crippen LogP contribution in [-0.2, 0) is 22.3 Å². The molecule has 3 rings (SSSR count). The normalized spacial score (nSPS) is 18.4. The van der Waals surface area contributed by atoms with Crippen LogP contribution < -0.4 is 10.2 Å². The third-order valence-electron chi connectivity index (χ3n) is 5.21. The number of aryl methyl sites for hydroxylation is 1. The van der Waals surface area contributed by atoms with Crippen LogP contribution in [0.1, 0.15) is 45.7 Å². The summed E-state index contributed by atoms with van der Waals surface area (Å²) in [5.41, 5.74) is 2.89. The Hall–Kier alpha value is -1.78. The first-order valence-electron chi connectivity index (χ1n) is 8.97. The molecule has 1 saturated heterocycles. The summed E-state index contributed by atoms with van der Waals surface area (Å²) in [5.74, 6) is 0.849. The zero-order valence-corrected chi connectivity index (χ0v) is 15.8. The van der Waals surface area contributed by atoms with Crippen molar-refractivity contribution in [2.75, 3.05) is 0 Å². The molecule has 0 unspecified atom stereocenters. The Morgan fingerprint density at radius 1 is 0.880 bits per heavy atom. The fraction of sp³-hybridized carbons (Fsp3) is 0.429. The maximum Gasteiger partial charge on any atom is 0.494 e. The van der Waals surface area contributed by atoms with Gasteiger partial charge in [0.2, 0.25) is 0 Å². The molecule has 0 spiro atoms. The van der Waals surface area contributed by atoms with Crippen LogP contribution in [0, 0.1) is 0 Å². The molecule has 25 heavy (non-hydrogen) atoms. The zero-order chi connectivity index (χ0) is 18.1. The van der Waals surface area contributed by atoms with Gasteiger partial charge < -0.3 is 14.0 Å². The van der Waals surface area contributed by atoms with E-state index in [-0.39, 0.29) is 18.3 Å². The molecule has 0 amide bonds. The van der Waals surface area contributed by atoms with E-state index in [0.717, 1.165) is 17.6 Å². The van der Waals surface area contributed by atoms with Crippen LogP contribution in [0.25, 0.3) is 0 Å². The monoisotopic (exact) mass is 338 g/mol. The summed E-state index contributed by atoms with van der Waals surface area (Å²) in [6.45, 7) is 11.0. The standard InChI is InChI=1S/C21H27BO3/c1-6-16-8-7-9-17(14-16)15-23-19-12-10-18(11-13-19)22-24-20(2,3)21(4,5)25-22/h7-14H,6,15H2,1-5H3. The maximum atomic E-state index is 6.08.